The largest absolute Gasteiger partial charge is 0.346 e. The number of anilines is 1. The van der Waals surface area contributed by atoms with Gasteiger partial charge in [0.25, 0.3) is 0 Å². The lowest BCUT2D eigenvalue weighted by molar-refractivity contribution is 0.383. The van der Waals surface area contributed by atoms with E-state index in [1.54, 1.807) is 0 Å². The highest BCUT2D eigenvalue weighted by molar-refractivity contribution is 7.09. The van der Waals surface area contributed by atoms with Crippen molar-refractivity contribution in [3.63, 3.8) is 0 Å². The lowest BCUT2D eigenvalue weighted by atomic mass is 9.90. The fourth-order valence-corrected chi connectivity index (χ4v) is 2.64. The Labute approximate surface area is 94.7 Å². The van der Waals surface area contributed by atoms with E-state index < -0.39 is 0 Å². The molecule has 0 aromatic carbocycles. The molecular formula is C10H18N4S. The van der Waals surface area contributed by atoms with Gasteiger partial charge < -0.3 is 10.6 Å². The van der Waals surface area contributed by atoms with E-state index in [0.29, 0.717) is 0 Å². The smallest absolute Gasteiger partial charge is 0.205 e. The quantitative estimate of drug-likeness (QED) is 0.843. The van der Waals surface area contributed by atoms with Crippen LogP contribution in [0.15, 0.2) is 0 Å². The van der Waals surface area contributed by atoms with Crippen LogP contribution in [0.5, 0.6) is 0 Å². The molecule has 0 spiro atoms. The van der Waals surface area contributed by atoms with Crippen molar-refractivity contribution in [2.24, 2.45) is 11.1 Å². The Hall–Kier alpha value is -0.680. The van der Waals surface area contributed by atoms with E-state index in [0.717, 1.165) is 43.4 Å². The second kappa shape index (κ2) is 4.06. The molecule has 1 aliphatic heterocycles. The molecule has 0 saturated carbocycles. The van der Waals surface area contributed by atoms with Gasteiger partial charge >= 0.3 is 0 Å². The third-order valence-corrected chi connectivity index (χ3v) is 3.91. The van der Waals surface area contributed by atoms with Crippen molar-refractivity contribution in [3.05, 3.63) is 5.82 Å². The Morgan fingerprint density at radius 1 is 1.60 bits per heavy atom. The Morgan fingerprint density at radius 3 is 2.93 bits per heavy atom. The van der Waals surface area contributed by atoms with Crippen LogP contribution in [-0.4, -0.2) is 29.0 Å². The Morgan fingerprint density at radius 2 is 2.40 bits per heavy atom. The first-order valence-electron chi connectivity index (χ1n) is 5.44. The van der Waals surface area contributed by atoms with E-state index in [2.05, 4.69) is 28.1 Å². The molecule has 1 aromatic rings. The summed E-state index contributed by atoms with van der Waals surface area (Å²) in [5, 5.41) is 1.06. The molecule has 1 aromatic heterocycles. The van der Waals surface area contributed by atoms with Crippen molar-refractivity contribution in [1.82, 2.24) is 9.36 Å². The zero-order chi connectivity index (χ0) is 10.9. The van der Waals surface area contributed by atoms with Crippen LogP contribution >= 0.6 is 11.5 Å². The van der Waals surface area contributed by atoms with E-state index in [1.807, 2.05) is 0 Å². The molecule has 1 unspecified atom stereocenters. The van der Waals surface area contributed by atoms with Crippen LogP contribution in [0, 0.1) is 5.41 Å². The summed E-state index contributed by atoms with van der Waals surface area (Å²) in [7, 11) is 0. The SMILES string of the molecule is CCc1nsc(N2CCC(C)(CN)C2)n1. The molecule has 1 fully saturated rings. The number of nitrogens with zero attached hydrogens (tertiary/aromatic N) is 3. The number of rotatable bonds is 3. The molecule has 2 N–H and O–H groups in total. The van der Waals surface area contributed by atoms with Crippen LogP contribution in [0.4, 0.5) is 5.13 Å². The molecule has 2 heterocycles. The first-order chi connectivity index (χ1) is 7.17. The molecule has 15 heavy (non-hydrogen) atoms. The highest BCUT2D eigenvalue weighted by Gasteiger charge is 2.33. The average molecular weight is 226 g/mol. The second-order valence-corrected chi connectivity index (χ2v) is 5.26. The predicted molar refractivity (Wildman–Crippen MR) is 63.3 cm³/mol. The molecule has 5 heteroatoms. The van der Waals surface area contributed by atoms with E-state index in [4.69, 9.17) is 5.73 Å². The first-order valence-corrected chi connectivity index (χ1v) is 6.22. The molecule has 1 saturated heterocycles. The maximum Gasteiger partial charge on any atom is 0.205 e. The molecular weight excluding hydrogens is 208 g/mol. The van der Waals surface area contributed by atoms with Crippen molar-refractivity contribution in [1.29, 1.82) is 0 Å². The Kier molecular flexibility index (Phi) is 2.93. The molecule has 0 bridgehead atoms. The zero-order valence-electron chi connectivity index (χ0n) is 9.36. The summed E-state index contributed by atoms with van der Waals surface area (Å²) in [6, 6.07) is 0. The van der Waals surface area contributed by atoms with E-state index in [-0.39, 0.29) is 5.41 Å². The van der Waals surface area contributed by atoms with Crippen molar-refractivity contribution in [3.8, 4) is 0 Å². The lowest BCUT2D eigenvalue weighted by Crippen LogP contribution is -2.31. The third kappa shape index (κ3) is 2.13. The maximum atomic E-state index is 5.78. The zero-order valence-corrected chi connectivity index (χ0v) is 10.2. The number of aryl methyl sites for hydroxylation is 1. The molecule has 1 atom stereocenters. The standard InChI is InChI=1S/C10H18N4S/c1-3-8-12-9(15-13-8)14-5-4-10(2,6-11)7-14/h3-7,11H2,1-2H3. The summed E-state index contributed by atoms with van der Waals surface area (Å²) in [4.78, 5) is 6.81. The first kappa shape index (κ1) is 10.8. The minimum atomic E-state index is 0.262. The van der Waals surface area contributed by atoms with Gasteiger partial charge in [-0.15, -0.1) is 0 Å². The van der Waals surface area contributed by atoms with Gasteiger partial charge in [0, 0.05) is 31.0 Å². The monoisotopic (exact) mass is 226 g/mol. The number of nitrogens with two attached hydrogens (primary N) is 1. The van der Waals surface area contributed by atoms with Gasteiger partial charge in [-0.1, -0.05) is 13.8 Å². The molecule has 4 nitrogen and oxygen atoms in total. The summed E-state index contributed by atoms with van der Waals surface area (Å²) in [6.07, 6.45) is 2.07. The predicted octanol–water partition coefficient (Wildman–Crippen LogP) is 1.28. The van der Waals surface area contributed by atoms with Crippen molar-refractivity contribution in [2.75, 3.05) is 24.5 Å². The van der Waals surface area contributed by atoms with Crippen molar-refractivity contribution in [2.45, 2.75) is 26.7 Å². The summed E-state index contributed by atoms with van der Waals surface area (Å²) < 4.78 is 4.31. The topological polar surface area (TPSA) is 55.0 Å². The van der Waals surface area contributed by atoms with Crippen molar-refractivity contribution < 1.29 is 0 Å². The highest BCUT2D eigenvalue weighted by Crippen LogP contribution is 2.32. The minimum absolute atomic E-state index is 0.262. The molecule has 84 valence electrons. The average Bonchev–Trinajstić information content (AvgIpc) is 2.84. The summed E-state index contributed by atoms with van der Waals surface area (Å²) in [5.41, 5.74) is 6.04. The number of aromatic nitrogens is 2. The van der Waals surface area contributed by atoms with Crippen molar-refractivity contribution >= 4 is 16.7 Å². The fourth-order valence-electron chi connectivity index (χ4n) is 1.87. The van der Waals surface area contributed by atoms with Gasteiger partial charge in [-0.25, -0.2) is 4.98 Å². The number of hydrogen-bond donors (Lipinski definition) is 1. The summed E-state index contributed by atoms with van der Waals surface area (Å²) in [6.45, 7) is 7.16. The molecule has 0 aliphatic carbocycles. The van der Waals surface area contributed by atoms with Gasteiger partial charge in [0.2, 0.25) is 5.13 Å². The molecule has 2 rings (SSSR count). The summed E-state index contributed by atoms with van der Waals surface area (Å²) in [5.74, 6) is 0.955. The fraction of sp³-hybridized carbons (Fsp3) is 0.800. The maximum absolute atomic E-state index is 5.78. The third-order valence-electron chi connectivity index (χ3n) is 3.09. The Balaban J connectivity index is 2.07. The van der Waals surface area contributed by atoms with Crippen LogP contribution in [0.25, 0.3) is 0 Å². The normalized spacial score (nSPS) is 26.2. The highest BCUT2D eigenvalue weighted by atomic mass is 32.1. The van der Waals surface area contributed by atoms with E-state index in [1.165, 1.54) is 11.5 Å². The molecule has 1 aliphatic rings. The van der Waals surface area contributed by atoms with Gasteiger partial charge in [-0.2, -0.15) is 4.37 Å². The number of hydrogen-bond acceptors (Lipinski definition) is 5. The second-order valence-electron chi connectivity index (χ2n) is 4.53. The van der Waals surface area contributed by atoms with Crippen LogP contribution in [0.2, 0.25) is 0 Å². The van der Waals surface area contributed by atoms with Gasteiger partial charge in [-0.05, 0) is 18.4 Å². The minimum Gasteiger partial charge on any atom is -0.346 e. The molecule has 0 radical (unpaired) electrons. The van der Waals surface area contributed by atoms with E-state index >= 15 is 0 Å². The van der Waals surface area contributed by atoms with Crippen LogP contribution < -0.4 is 10.6 Å². The van der Waals surface area contributed by atoms with Crippen LogP contribution in [0.1, 0.15) is 26.1 Å². The van der Waals surface area contributed by atoms with Gasteiger partial charge in [0.05, 0.1) is 0 Å². The van der Waals surface area contributed by atoms with Gasteiger partial charge in [0.15, 0.2) is 0 Å². The van der Waals surface area contributed by atoms with Crippen LogP contribution in [-0.2, 0) is 6.42 Å². The van der Waals surface area contributed by atoms with E-state index in [9.17, 15) is 0 Å². The summed E-state index contributed by atoms with van der Waals surface area (Å²) >= 11 is 1.51. The Bertz CT molecular complexity index is 338. The van der Waals surface area contributed by atoms with Gasteiger partial charge in [0.1, 0.15) is 5.82 Å². The van der Waals surface area contributed by atoms with Crippen LogP contribution in [0.3, 0.4) is 0 Å². The lowest BCUT2D eigenvalue weighted by Gasteiger charge is -2.21. The molecule has 0 amide bonds. The van der Waals surface area contributed by atoms with Gasteiger partial charge in [-0.3, -0.25) is 0 Å².